The number of phenols is 4. The van der Waals surface area contributed by atoms with Gasteiger partial charge in [-0.05, 0) is 90.2 Å². The molecular formula is C45H52ClN7O13. The number of amides is 6. The minimum atomic E-state index is -2.07. The second-order valence-electron chi connectivity index (χ2n) is 15.7. The number of aliphatic carboxylic acids is 1. The maximum Gasteiger partial charge on any atom is 0.329 e. The molecule has 4 aromatic rings. The second kappa shape index (κ2) is 23.5. The van der Waals surface area contributed by atoms with Gasteiger partial charge in [0.25, 0.3) is 0 Å². The first-order chi connectivity index (χ1) is 31.2. The largest absolute Gasteiger partial charge is 0.508 e. The molecule has 0 aliphatic rings. The Morgan fingerprint density at radius 1 is 0.591 bits per heavy atom. The summed E-state index contributed by atoms with van der Waals surface area (Å²) < 4.78 is 0. The Bertz CT molecular complexity index is 2370. The van der Waals surface area contributed by atoms with Crippen molar-refractivity contribution in [3.8, 4) is 23.0 Å². The first-order valence-corrected chi connectivity index (χ1v) is 20.8. The molecule has 0 saturated heterocycles. The lowest BCUT2D eigenvalue weighted by atomic mass is 9.99. The molecule has 0 aliphatic heterocycles. The normalized spacial score (nSPS) is 14.3. The molecule has 7 atom stereocenters. The van der Waals surface area contributed by atoms with Crippen molar-refractivity contribution in [3.63, 3.8) is 0 Å². The number of nitrogens with one attached hydrogen (secondary N) is 6. The molecule has 0 saturated carbocycles. The maximum atomic E-state index is 14.4. The van der Waals surface area contributed by atoms with Crippen LogP contribution in [0.15, 0.2) is 91.0 Å². The van der Waals surface area contributed by atoms with Crippen LogP contribution in [0.3, 0.4) is 0 Å². The van der Waals surface area contributed by atoms with Crippen LogP contribution in [0, 0.1) is 5.92 Å². The Morgan fingerprint density at radius 3 is 1.50 bits per heavy atom. The van der Waals surface area contributed by atoms with E-state index in [0.717, 1.165) is 12.1 Å². The lowest BCUT2D eigenvalue weighted by Crippen LogP contribution is -2.58. The van der Waals surface area contributed by atoms with Gasteiger partial charge in [0.2, 0.25) is 35.4 Å². The smallest absolute Gasteiger partial charge is 0.329 e. The Balaban J connectivity index is 1.68. The van der Waals surface area contributed by atoms with Crippen molar-refractivity contribution in [1.82, 2.24) is 31.9 Å². The molecule has 0 heterocycles. The van der Waals surface area contributed by atoms with Crippen molar-refractivity contribution >= 4 is 53.0 Å². The monoisotopic (exact) mass is 933 g/mol. The average Bonchev–Trinajstić information content (AvgIpc) is 3.26. The van der Waals surface area contributed by atoms with E-state index in [9.17, 15) is 64.2 Å². The SMILES string of the molecule is CN[C@H](CC(C)C)C(=O)N[C@H](Cc1ccc(O)cc1)C(=O)N[C@@H](CC(N)=O)C(=O)N[C@@H](C(=O)N[C@@H](C(=O)N[C@H](C(=O)O)[C@H](O)c1ccc(O)c(Cl)c1)c1ccc(O)cc1)c1ccc(O)cc1. The Morgan fingerprint density at radius 2 is 1.03 bits per heavy atom. The summed E-state index contributed by atoms with van der Waals surface area (Å²) in [5.41, 5.74) is 5.88. The highest BCUT2D eigenvalue weighted by Gasteiger charge is 2.37. The number of carbonyl (C=O) groups is 7. The molecule has 0 aromatic heterocycles. The maximum absolute atomic E-state index is 14.4. The van der Waals surface area contributed by atoms with E-state index >= 15 is 0 Å². The molecule has 20 nitrogen and oxygen atoms in total. The third kappa shape index (κ3) is 14.6. The van der Waals surface area contributed by atoms with Crippen LogP contribution < -0.4 is 37.6 Å². The number of carboxylic acids is 1. The van der Waals surface area contributed by atoms with Gasteiger partial charge in [0.05, 0.1) is 17.5 Å². The van der Waals surface area contributed by atoms with Crippen molar-refractivity contribution < 1.29 is 64.2 Å². The van der Waals surface area contributed by atoms with Crippen LogP contribution in [-0.2, 0) is 40.0 Å². The van der Waals surface area contributed by atoms with Crippen LogP contribution in [0.1, 0.15) is 67.1 Å². The average molecular weight is 934 g/mol. The number of primary amides is 1. The zero-order valence-corrected chi connectivity index (χ0v) is 36.7. The molecule has 0 aliphatic carbocycles. The summed E-state index contributed by atoms with van der Waals surface area (Å²) in [5, 5.41) is 75.7. The molecule has 6 amide bonds. The van der Waals surface area contributed by atoms with E-state index in [4.69, 9.17) is 17.3 Å². The third-order valence-corrected chi connectivity index (χ3v) is 10.5. The summed E-state index contributed by atoms with van der Waals surface area (Å²) in [7, 11) is 1.57. The van der Waals surface area contributed by atoms with E-state index in [1.807, 2.05) is 13.8 Å². The Labute approximate surface area is 383 Å². The molecule has 0 fully saturated rings. The Hall–Kier alpha value is -7.42. The molecular weight excluding hydrogens is 882 g/mol. The van der Waals surface area contributed by atoms with Gasteiger partial charge in [0.1, 0.15) is 53.3 Å². The lowest BCUT2D eigenvalue weighted by molar-refractivity contribution is -0.146. The van der Waals surface area contributed by atoms with Crippen molar-refractivity contribution in [2.45, 2.75) is 75.5 Å². The van der Waals surface area contributed by atoms with E-state index in [1.165, 1.54) is 78.9 Å². The fraction of sp³-hybridized carbons (Fsp3) is 0.311. The number of likely N-dealkylation sites (N-methyl/N-ethyl adjacent to an activating group) is 1. The van der Waals surface area contributed by atoms with E-state index in [1.54, 1.807) is 7.05 Å². The molecule has 0 radical (unpaired) electrons. The van der Waals surface area contributed by atoms with Gasteiger partial charge >= 0.3 is 5.97 Å². The van der Waals surface area contributed by atoms with Gasteiger partial charge in [-0.3, -0.25) is 28.8 Å². The Kier molecular flexibility index (Phi) is 18.2. The molecule has 352 valence electrons. The highest BCUT2D eigenvalue weighted by molar-refractivity contribution is 6.32. The number of aliphatic hydroxyl groups is 1. The van der Waals surface area contributed by atoms with Crippen LogP contribution in [-0.4, -0.2) is 103 Å². The molecule has 14 N–H and O–H groups in total. The number of hydrogen-bond donors (Lipinski definition) is 13. The first-order valence-electron chi connectivity index (χ1n) is 20.4. The minimum absolute atomic E-state index is 0.00330. The molecule has 0 unspecified atom stereocenters. The molecule has 0 spiro atoms. The zero-order valence-electron chi connectivity index (χ0n) is 35.9. The lowest BCUT2D eigenvalue weighted by Gasteiger charge is -2.28. The highest BCUT2D eigenvalue weighted by atomic mass is 35.5. The predicted molar refractivity (Wildman–Crippen MR) is 237 cm³/mol. The zero-order chi connectivity index (χ0) is 48.8. The molecule has 4 rings (SSSR count). The number of phenolic OH excluding ortho intramolecular Hbond substituents is 4. The van der Waals surface area contributed by atoms with Gasteiger partial charge < -0.3 is 68.3 Å². The summed E-state index contributed by atoms with van der Waals surface area (Å²) in [6, 6.07) is 9.27. The quantitative estimate of drug-likeness (QED) is 0.0527. The summed E-state index contributed by atoms with van der Waals surface area (Å²) in [6.45, 7) is 3.80. The number of carbonyl (C=O) groups excluding carboxylic acids is 6. The fourth-order valence-corrected chi connectivity index (χ4v) is 6.86. The van der Waals surface area contributed by atoms with Crippen LogP contribution in [0.5, 0.6) is 23.0 Å². The van der Waals surface area contributed by atoms with Crippen LogP contribution in [0.25, 0.3) is 0 Å². The highest BCUT2D eigenvalue weighted by Crippen LogP contribution is 2.29. The molecule has 21 heteroatoms. The van der Waals surface area contributed by atoms with Gasteiger partial charge in [0.15, 0.2) is 6.04 Å². The van der Waals surface area contributed by atoms with Gasteiger partial charge in [-0.2, -0.15) is 0 Å². The predicted octanol–water partition coefficient (Wildman–Crippen LogP) is 1.20. The number of rotatable bonds is 22. The third-order valence-electron chi connectivity index (χ3n) is 10.2. The standard InChI is InChI=1S/C45H52ClN7O13/c1-22(2)18-31(48-3)40(60)49-32(19-23-4-11-27(54)12-5-23)41(61)50-33(21-35(47)58)42(62)51-36(24-6-13-28(55)14-7-24)43(63)52-37(25-8-15-29(56)16-9-25)44(64)53-38(45(65)66)39(59)26-10-17-34(57)30(46)20-26/h4-17,20,22,31-33,36-39,48,54-57,59H,18-19,21H2,1-3H3,(H2,47,58)(H,49,60)(H,50,61)(H,51,62)(H,52,63)(H,53,64)(H,65,66)/t31-,32-,33+,36-,37-,38+,39-/m1/s1. The van der Waals surface area contributed by atoms with E-state index in [-0.39, 0.29) is 57.0 Å². The fourth-order valence-electron chi connectivity index (χ4n) is 6.67. The van der Waals surface area contributed by atoms with Gasteiger partial charge in [-0.25, -0.2) is 4.79 Å². The number of nitrogens with two attached hydrogens (primary N) is 1. The van der Waals surface area contributed by atoms with Gasteiger partial charge in [0, 0.05) is 6.42 Å². The van der Waals surface area contributed by atoms with E-state index < -0.39 is 90.2 Å². The minimum Gasteiger partial charge on any atom is -0.508 e. The first kappa shape index (κ1) is 51.2. The van der Waals surface area contributed by atoms with Crippen molar-refractivity contribution in [2.24, 2.45) is 11.7 Å². The number of carboxylic acid groups (broad SMARTS) is 1. The van der Waals surface area contributed by atoms with E-state index in [2.05, 4.69) is 31.9 Å². The number of benzene rings is 4. The topological polar surface area (TPSA) is 339 Å². The van der Waals surface area contributed by atoms with Gasteiger partial charge in [-0.15, -0.1) is 0 Å². The van der Waals surface area contributed by atoms with E-state index in [0.29, 0.717) is 12.0 Å². The van der Waals surface area contributed by atoms with Crippen LogP contribution >= 0.6 is 11.6 Å². The van der Waals surface area contributed by atoms with Gasteiger partial charge in [-0.1, -0.05) is 67.9 Å². The second-order valence-corrected chi connectivity index (χ2v) is 16.1. The number of halogens is 1. The number of aliphatic hydroxyl groups excluding tert-OH is 1. The molecule has 4 aromatic carbocycles. The molecule has 0 bridgehead atoms. The van der Waals surface area contributed by atoms with Crippen molar-refractivity contribution in [2.75, 3.05) is 7.05 Å². The molecule has 66 heavy (non-hydrogen) atoms. The summed E-state index contributed by atoms with van der Waals surface area (Å²) in [6.07, 6.45) is -2.49. The number of aromatic hydroxyl groups is 4. The number of hydrogen-bond acceptors (Lipinski definition) is 13. The summed E-state index contributed by atoms with van der Waals surface area (Å²) >= 11 is 5.96. The summed E-state index contributed by atoms with van der Waals surface area (Å²) in [4.78, 5) is 94.8. The van der Waals surface area contributed by atoms with Crippen molar-refractivity contribution in [1.29, 1.82) is 0 Å². The van der Waals surface area contributed by atoms with Crippen LogP contribution in [0.4, 0.5) is 0 Å². The van der Waals surface area contributed by atoms with Crippen molar-refractivity contribution in [3.05, 3.63) is 118 Å². The summed E-state index contributed by atoms with van der Waals surface area (Å²) in [5.74, 6) is -8.56. The van der Waals surface area contributed by atoms with Crippen LogP contribution in [0.2, 0.25) is 5.02 Å².